The molecule has 4 rings (SSSR count). The molecule has 0 unspecified atom stereocenters. The Hall–Kier alpha value is -2.80. The van der Waals surface area contributed by atoms with Crippen molar-refractivity contribution in [3.8, 4) is 0 Å². The standard InChI is InChI=1S/C20H19N3O3S/c24-17(14-7-3-1-4-8-14)22-18-21-11-16-12-23(19(25)26)13-20(16,27-18)15-9-5-2-6-10-15/h1-10,16H,11-13H2,(H,25,26)(H,21,22,24)/t16-,20+/m0/s1. The molecule has 2 aliphatic rings. The Morgan fingerprint density at radius 1 is 1.11 bits per heavy atom. The summed E-state index contributed by atoms with van der Waals surface area (Å²) in [4.78, 5) is 30.1. The molecule has 2 amide bonds. The van der Waals surface area contributed by atoms with Crippen molar-refractivity contribution in [1.82, 2.24) is 10.2 Å². The molecule has 27 heavy (non-hydrogen) atoms. The van der Waals surface area contributed by atoms with E-state index in [4.69, 9.17) is 0 Å². The quantitative estimate of drug-likeness (QED) is 0.838. The molecule has 7 heteroatoms. The van der Waals surface area contributed by atoms with Gasteiger partial charge >= 0.3 is 6.09 Å². The molecular formula is C20H19N3O3S. The van der Waals surface area contributed by atoms with Crippen LogP contribution in [0.5, 0.6) is 0 Å². The van der Waals surface area contributed by atoms with Gasteiger partial charge in [-0.3, -0.25) is 9.79 Å². The zero-order chi connectivity index (χ0) is 18.9. The van der Waals surface area contributed by atoms with Crippen LogP contribution in [-0.2, 0) is 4.75 Å². The van der Waals surface area contributed by atoms with Crippen LogP contribution in [0.3, 0.4) is 0 Å². The fourth-order valence-corrected chi connectivity index (χ4v) is 5.10. The van der Waals surface area contributed by atoms with Gasteiger partial charge in [0.15, 0.2) is 5.17 Å². The van der Waals surface area contributed by atoms with Gasteiger partial charge in [0.05, 0.1) is 4.75 Å². The SMILES string of the molecule is O=C(NC1=NC[C@H]2CN(C(=O)O)C[C@]2(c2ccccc2)S1)c1ccccc1. The van der Waals surface area contributed by atoms with Crippen molar-refractivity contribution < 1.29 is 14.7 Å². The van der Waals surface area contributed by atoms with Crippen molar-refractivity contribution in [2.24, 2.45) is 10.9 Å². The lowest BCUT2D eigenvalue weighted by atomic mass is 9.87. The lowest BCUT2D eigenvalue weighted by molar-refractivity contribution is 0.0977. The maximum atomic E-state index is 12.5. The van der Waals surface area contributed by atoms with Gasteiger partial charge in [-0.2, -0.15) is 0 Å². The number of nitrogens with zero attached hydrogens (tertiary/aromatic N) is 2. The monoisotopic (exact) mass is 381 g/mol. The number of benzene rings is 2. The summed E-state index contributed by atoms with van der Waals surface area (Å²) in [5, 5.41) is 12.9. The van der Waals surface area contributed by atoms with Crippen LogP contribution in [0, 0.1) is 5.92 Å². The van der Waals surface area contributed by atoms with Crippen LogP contribution in [0.2, 0.25) is 0 Å². The van der Waals surface area contributed by atoms with E-state index in [0.717, 1.165) is 5.56 Å². The number of thioether (sulfide) groups is 1. The number of hydrogen-bond donors (Lipinski definition) is 2. The van der Waals surface area contributed by atoms with E-state index in [1.54, 1.807) is 12.1 Å². The zero-order valence-corrected chi connectivity index (χ0v) is 15.4. The molecule has 0 aliphatic carbocycles. The van der Waals surface area contributed by atoms with E-state index in [9.17, 15) is 14.7 Å². The van der Waals surface area contributed by atoms with Crippen molar-refractivity contribution in [3.05, 3.63) is 71.8 Å². The van der Waals surface area contributed by atoms with Gasteiger partial charge in [-0.25, -0.2) is 4.79 Å². The van der Waals surface area contributed by atoms with E-state index in [0.29, 0.717) is 30.4 Å². The van der Waals surface area contributed by atoms with E-state index in [2.05, 4.69) is 10.3 Å². The Balaban J connectivity index is 1.62. The summed E-state index contributed by atoms with van der Waals surface area (Å²) in [5.74, 6) is -0.144. The smallest absolute Gasteiger partial charge is 0.407 e. The molecule has 2 heterocycles. The molecule has 138 valence electrons. The highest BCUT2D eigenvalue weighted by molar-refractivity contribution is 8.14. The molecule has 2 N–H and O–H groups in total. The van der Waals surface area contributed by atoms with Crippen LogP contribution in [0.4, 0.5) is 4.79 Å². The summed E-state index contributed by atoms with van der Waals surface area (Å²) in [6.07, 6.45) is -0.921. The van der Waals surface area contributed by atoms with E-state index in [-0.39, 0.29) is 11.8 Å². The molecule has 1 saturated heterocycles. The number of carbonyl (C=O) groups excluding carboxylic acids is 1. The number of rotatable bonds is 2. The van der Waals surface area contributed by atoms with Crippen molar-refractivity contribution in [2.75, 3.05) is 19.6 Å². The molecule has 0 spiro atoms. The van der Waals surface area contributed by atoms with Crippen LogP contribution in [-0.4, -0.2) is 46.8 Å². The average molecular weight is 381 g/mol. The molecular weight excluding hydrogens is 362 g/mol. The number of nitrogens with one attached hydrogen (secondary N) is 1. The third-order valence-corrected chi connectivity index (χ3v) is 6.54. The summed E-state index contributed by atoms with van der Waals surface area (Å²) in [6.45, 7) is 1.30. The molecule has 6 nitrogen and oxygen atoms in total. The maximum absolute atomic E-state index is 12.5. The highest BCUT2D eigenvalue weighted by Gasteiger charge is 2.52. The van der Waals surface area contributed by atoms with Crippen LogP contribution < -0.4 is 5.32 Å². The number of aliphatic imine (C=N–C) groups is 1. The van der Waals surface area contributed by atoms with Crippen LogP contribution in [0.25, 0.3) is 0 Å². The summed E-state index contributed by atoms with van der Waals surface area (Å²) in [7, 11) is 0. The minimum atomic E-state index is -0.921. The first-order valence-corrected chi connectivity index (χ1v) is 9.53. The molecule has 2 aromatic rings. The number of amidine groups is 1. The van der Waals surface area contributed by atoms with Crippen molar-refractivity contribution >= 4 is 28.9 Å². The van der Waals surface area contributed by atoms with Gasteiger partial charge in [-0.1, -0.05) is 60.3 Å². The van der Waals surface area contributed by atoms with Gasteiger partial charge in [-0.05, 0) is 17.7 Å². The summed E-state index contributed by atoms with van der Waals surface area (Å²) < 4.78 is -0.444. The highest BCUT2D eigenvalue weighted by atomic mass is 32.2. The predicted octanol–water partition coefficient (Wildman–Crippen LogP) is 3.02. The number of fused-ring (bicyclic) bond motifs is 1. The molecule has 0 saturated carbocycles. The molecule has 0 aromatic heterocycles. The molecule has 2 atom stereocenters. The second-order valence-corrected chi connectivity index (χ2v) is 8.00. The first-order chi connectivity index (χ1) is 13.1. The summed E-state index contributed by atoms with van der Waals surface area (Å²) >= 11 is 1.46. The molecule has 2 aromatic carbocycles. The molecule has 0 bridgehead atoms. The minimum Gasteiger partial charge on any atom is -0.465 e. The first kappa shape index (κ1) is 17.6. The Labute approximate surface area is 161 Å². The Morgan fingerprint density at radius 3 is 2.44 bits per heavy atom. The minimum absolute atomic E-state index is 0.0679. The second-order valence-electron chi connectivity index (χ2n) is 6.68. The molecule has 2 aliphatic heterocycles. The van der Waals surface area contributed by atoms with Crippen molar-refractivity contribution in [3.63, 3.8) is 0 Å². The average Bonchev–Trinajstić information content (AvgIpc) is 3.10. The largest absolute Gasteiger partial charge is 0.465 e. The maximum Gasteiger partial charge on any atom is 0.407 e. The number of hydrogen-bond acceptors (Lipinski definition) is 4. The molecule has 1 fully saturated rings. The Kier molecular flexibility index (Phi) is 4.61. The number of carbonyl (C=O) groups is 2. The molecule has 0 radical (unpaired) electrons. The van der Waals surface area contributed by atoms with E-state index in [1.165, 1.54) is 16.7 Å². The van der Waals surface area contributed by atoms with Gasteiger partial charge in [0.25, 0.3) is 5.91 Å². The first-order valence-electron chi connectivity index (χ1n) is 8.72. The van der Waals surface area contributed by atoms with Crippen molar-refractivity contribution in [2.45, 2.75) is 4.75 Å². The van der Waals surface area contributed by atoms with Crippen molar-refractivity contribution in [1.29, 1.82) is 0 Å². The van der Waals surface area contributed by atoms with E-state index >= 15 is 0 Å². The van der Waals surface area contributed by atoms with Gasteiger partial charge in [0.1, 0.15) is 0 Å². The fraction of sp³-hybridized carbons (Fsp3) is 0.250. The van der Waals surface area contributed by atoms with Gasteiger partial charge in [0, 0.05) is 31.1 Å². The predicted molar refractivity (Wildman–Crippen MR) is 105 cm³/mol. The lowest BCUT2D eigenvalue weighted by Gasteiger charge is -2.37. The third kappa shape index (κ3) is 3.30. The Bertz CT molecular complexity index is 888. The van der Waals surface area contributed by atoms with Crippen LogP contribution >= 0.6 is 11.8 Å². The van der Waals surface area contributed by atoms with Gasteiger partial charge in [0.2, 0.25) is 0 Å². The number of carboxylic acid groups (broad SMARTS) is 1. The van der Waals surface area contributed by atoms with Gasteiger partial charge in [-0.15, -0.1) is 0 Å². The van der Waals surface area contributed by atoms with Gasteiger partial charge < -0.3 is 15.3 Å². The normalized spacial score (nSPS) is 24.1. The lowest BCUT2D eigenvalue weighted by Crippen LogP contribution is -2.42. The zero-order valence-electron chi connectivity index (χ0n) is 14.5. The van der Waals surface area contributed by atoms with E-state index in [1.807, 2.05) is 48.5 Å². The summed E-state index contributed by atoms with van der Waals surface area (Å²) in [5.41, 5.74) is 1.63. The number of likely N-dealkylation sites (tertiary alicyclic amines) is 1. The van der Waals surface area contributed by atoms with E-state index < -0.39 is 10.8 Å². The number of amides is 2. The topological polar surface area (TPSA) is 82.0 Å². The Morgan fingerprint density at radius 2 is 1.78 bits per heavy atom. The van der Waals surface area contributed by atoms with Crippen LogP contribution in [0.1, 0.15) is 15.9 Å². The summed E-state index contributed by atoms with van der Waals surface area (Å²) in [6, 6.07) is 18.9. The third-order valence-electron chi connectivity index (χ3n) is 5.05. The second kappa shape index (κ2) is 7.08. The highest BCUT2D eigenvalue weighted by Crippen LogP contribution is 2.50. The fourth-order valence-electron chi connectivity index (χ4n) is 3.69. The van der Waals surface area contributed by atoms with Crippen LogP contribution in [0.15, 0.2) is 65.7 Å².